The monoisotopic (exact) mass is 377 g/mol. The predicted octanol–water partition coefficient (Wildman–Crippen LogP) is 2.03. The number of nitrogens with one attached hydrogen (secondary N) is 1. The van der Waals surface area contributed by atoms with Crippen molar-refractivity contribution in [1.82, 2.24) is 5.32 Å². The van der Waals surface area contributed by atoms with Crippen molar-refractivity contribution in [3.63, 3.8) is 0 Å². The highest BCUT2D eigenvalue weighted by Gasteiger charge is 2.21. The first-order valence-corrected chi connectivity index (χ1v) is 9.88. The third kappa shape index (κ3) is 4.13. The van der Waals surface area contributed by atoms with Crippen LogP contribution in [0.5, 0.6) is 5.75 Å². The quantitative estimate of drug-likeness (QED) is 0.614. The molecule has 3 N–H and O–H groups in total. The number of nitrogens with two attached hydrogens (primary N) is 1. The SMILES string of the molecule is NC(=NCCS(=O)(=O)c1ccccc1F)NC1CCOc2ccccc21. The van der Waals surface area contributed by atoms with Gasteiger partial charge in [-0.15, -0.1) is 0 Å². The topological polar surface area (TPSA) is 93.8 Å². The Kier molecular flexibility index (Phi) is 5.41. The van der Waals surface area contributed by atoms with Gasteiger partial charge in [0.05, 0.1) is 24.9 Å². The lowest BCUT2D eigenvalue weighted by molar-refractivity contribution is 0.262. The van der Waals surface area contributed by atoms with Gasteiger partial charge in [-0.1, -0.05) is 30.3 Å². The first-order chi connectivity index (χ1) is 12.5. The van der Waals surface area contributed by atoms with E-state index in [2.05, 4.69) is 10.3 Å². The van der Waals surface area contributed by atoms with E-state index in [4.69, 9.17) is 10.5 Å². The van der Waals surface area contributed by atoms with Crippen molar-refractivity contribution in [2.45, 2.75) is 17.4 Å². The van der Waals surface area contributed by atoms with Gasteiger partial charge in [0.1, 0.15) is 16.5 Å². The lowest BCUT2D eigenvalue weighted by Gasteiger charge is -2.26. The second-order valence-corrected chi connectivity index (χ2v) is 7.97. The molecule has 0 saturated heterocycles. The summed E-state index contributed by atoms with van der Waals surface area (Å²) in [5, 5.41) is 3.09. The van der Waals surface area contributed by atoms with Gasteiger partial charge in [-0.3, -0.25) is 4.99 Å². The molecule has 1 aliphatic heterocycles. The number of ether oxygens (including phenoxy) is 1. The van der Waals surface area contributed by atoms with Crippen LogP contribution in [-0.2, 0) is 9.84 Å². The molecule has 0 spiro atoms. The van der Waals surface area contributed by atoms with Gasteiger partial charge in [-0.2, -0.15) is 0 Å². The summed E-state index contributed by atoms with van der Waals surface area (Å²) >= 11 is 0. The molecule has 2 aromatic rings. The molecule has 26 heavy (non-hydrogen) atoms. The molecule has 1 heterocycles. The van der Waals surface area contributed by atoms with Crippen LogP contribution in [0, 0.1) is 5.82 Å². The summed E-state index contributed by atoms with van der Waals surface area (Å²) in [7, 11) is -3.75. The predicted molar refractivity (Wildman–Crippen MR) is 97.4 cm³/mol. The Morgan fingerprint density at radius 2 is 1.96 bits per heavy atom. The number of aliphatic imine (C=N–C) groups is 1. The van der Waals surface area contributed by atoms with Crippen LogP contribution in [0.1, 0.15) is 18.0 Å². The Bertz CT molecular complexity index is 915. The maximum absolute atomic E-state index is 13.7. The third-order valence-electron chi connectivity index (χ3n) is 4.09. The van der Waals surface area contributed by atoms with Gasteiger partial charge < -0.3 is 15.8 Å². The van der Waals surface area contributed by atoms with Gasteiger partial charge in [0.15, 0.2) is 15.8 Å². The van der Waals surface area contributed by atoms with E-state index >= 15 is 0 Å². The van der Waals surface area contributed by atoms with Crippen LogP contribution >= 0.6 is 0 Å². The highest BCUT2D eigenvalue weighted by Crippen LogP contribution is 2.31. The fourth-order valence-electron chi connectivity index (χ4n) is 2.81. The summed E-state index contributed by atoms with van der Waals surface area (Å²) in [6.45, 7) is 0.504. The minimum atomic E-state index is -3.75. The van der Waals surface area contributed by atoms with Crippen LogP contribution in [0.15, 0.2) is 58.4 Å². The third-order valence-corrected chi connectivity index (χ3v) is 5.82. The zero-order valence-electron chi connectivity index (χ0n) is 14.1. The van der Waals surface area contributed by atoms with Gasteiger partial charge in [-0.05, 0) is 18.2 Å². The zero-order chi connectivity index (χ0) is 18.6. The number of fused-ring (bicyclic) bond motifs is 1. The fourth-order valence-corrected chi connectivity index (χ4v) is 4.01. The first kappa shape index (κ1) is 18.2. The molecule has 1 atom stereocenters. The molecule has 0 amide bonds. The molecule has 1 unspecified atom stereocenters. The van der Waals surface area contributed by atoms with E-state index in [1.807, 2.05) is 24.3 Å². The molecule has 0 bridgehead atoms. The van der Waals surface area contributed by atoms with E-state index in [1.165, 1.54) is 18.2 Å². The van der Waals surface area contributed by atoms with Crippen LogP contribution < -0.4 is 15.8 Å². The second kappa shape index (κ2) is 7.74. The molecule has 0 radical (unpaired) electrons. The zero-order valence-corrected chi connectivity index (χ0v) is 14.9. The van der Waals surface area contributed by atoms with E-state index in [9.17, 15) is 12.8 Å². The molecule has 6 nitrogen and oxygen atoms in total. The normalized spacial score (nSPS) is 17.3. The number of rotatable bonds is 5. The number of hydrogen-bond acceptors (Lipinski definition) is 4. The number of benzene rings is 2. The number of sulfone groups is 1. The number of nitrogens with zero attached hydrogens (tertiary/aromatic N) is 1. The average Bonchev–Trinajstić information content (AvgIpc) is 2.62. The molecule has 8 heteroatoms. The summed E-state index contributed by atoms with van der Waals surface area (Å²) < 4.78 is 43.6. The molecule has 0 aliphatic carbocycles. The molecule has 3 rings (SSSR count). The van der Waals surface area contributed by atoms with Crippen molar-refractivity contribution >= 4 is 15.8 Å². The Morgan fingerprint density at radius 1 is 1.23 bits per heavy atom. The van der Waals surface area contributed by atoms with Gasteiger partial charge in [0, 0.05) is 12.0 Å². The Balaban J connectivity index is 1.62. The Morgan fingerprint density at radius 3 is 2.77 bits per heavy atom. The maximum atomic E-state index is 13.7. The van der Waals surface area contributed by atoms with Crippen molar-refractivity contribution in [3.8, 4) is 5.75 Å². The number of para-hydroxylation sites is 1. The van der Waals surface area contributed by atoms with Crippen LogP contribution in [0.25, 0.3) is 0 Å². The highest BCUT2D eigenvalue weighted by atomic mass is 32.2. The smallest absolute Gasteiger partial charge is 0.189 e. The molecule has 0 fully saturated rings. The summed E-state index contributed by atoms with van der Waals surface area (Å²) in [4.78, 5) is 3.75. The van der Waals surface area contributed by atoms with Crippen molar-refractivity contribution in [3.05, 3.63) is 59.9 Å². The van der Waals surface area contributed by atoms with Crippen molar-refractivity contribution < 1.29 is 17.5 Å². The second-order valence-electron chi connectivity index (χ2n) is 5.89. The first-order valence-electron chi connectivity index (χ1n) is 8.23. The van der Waals surface area contributed by atoms with E-state index < -0.39 is 15.7 Å². The van der Waals surface area contributed by atoms with Crippen molar-refractivity contribution in [2.24, 2.45) is 10.7 Å². The van der Waals surface area contributed by atoms with Crippen molar-refractivity contribution in [1.29, 1.82) is 0 Å². The van der Waals surface area contributed by atoms with E-state index in [1.54, 1.807) is 0 Å². The molecular formula is C18H20FN3O3S. The van der Waals surface area contributed by atoms with E-state index in [0.29, 0.717) is 6.61 Å². The Labute approximate surface area is 151 Å². The minimum Gasteiger partial charge on any atom is -0.493 e. The summed E-state index contributed by atoms with van der Waals surface area (Å²) in [6.07, 6.45) is 0.723. The summed E-state index contributed by atoms with van der Waals surface area (Å²) in [5.41, 5.74) is 6.87. The average molecular weight is 377 g/mol. The number of halogens is 1. The largest absolute Gasteiger partial charge is 0.493 e. The Hall–Kier alpha value is -2.61. The van der Waals surface area contributed by atoms with Crippen molar-refractivity contribution in [2.75, 3.05) is 18.9 Å². The number of hydrogen-bond donors (Lipinski definition) is 2. The summed E-state index contributed by atoms with van der Waals surface area (Å²) in [5.74, 6) is -0.135. The standard InChI is InChI=1S/C18H20FN3O3S/c19-14-6-2-4-8-17(14)26(23,24)12-10-21-18(20)22-15-9-11-25-16-7-3-1-5-13(15)16/h1-8,15H,9-12H2,(H3,20,21,22). The molecule has 1 aliphatic rings. The maximum Gasteiger partial charge on any atom is 0.189 e. The molecule has 0 saturated carbocycles. The van der Waals surface area contributed by atoms with E-state index in [0.717, 1.165) is 23.8 Å². The van der Waals surface area contributed by atoms with Crippen LogP contribution in [0.3, 0.4) is 0 Å². The van der Waals surface area contributed by atoms with Gasteiger partial charge >= 0.3 is 0 Å². The van der Waals surface area contributed by atoms with Gasteiger partial charge in [0.2, 0.25) is 0 Å². The van der Waals surface area contributed by atoms with E-state index in [-0.39, 0.29) is 29.2 Å². The van der Waals surface area contributed by atoms with Crippen LogP contribution in [0.4, 0.5) is 4.39 Å². The minimum absolute atomic E-state index is 0.0492. The summed E-state index contributed by atoms with van der Waals surface area (Å²) in [6, 6.07) is 12.9. The molecule has 2 aromatic carbocycles. The van der Waals surface area contributed by atoms with Gasteiger partial charge in [-0.25, -0.2) is 12.8 Å². The van der Waals surface area contributed by atoms with Crippen LogP contribution in [0.2, 0.25) is 0 Å². The lowest BCUT2D eigenvalue weighted by Crippen LogP contribution is -2.37. The molecule has 0 aromatic heterocycles. The lowest BCUT2D eigenvalue weighted by atomic mass is 10.0. The number of guanidine groups is 1. The molecule has 138 valence electrons. The fraction of sp³-hybridized carbons (Fsp3) is 0.278. The highest BCUT2D eigenvalue weighted by molar-refractivity contribution is 7.91. The van der Waals surface area contributed by atoms with Gasteiger partial charge in [0.25, 0.3) is 0 Å². The molecular weight excluding hydrogens is 357 g/mol. The van der Waals surface area contributed by atoms with Crippen LogP contribution in [-0.4, -0.2) is 33.3 Å².